The summed E-state index contributed by atoms with van der Waals surface area (Å²) < 4.78 is 15.9. The van der Waals surface area contributed by atoms with Gasteiger partial charge in [0.15, 0.2) is 11.5 Å². The topological polar surface area (TPSA) is 70.5 Å². The Morgan fingerprint density at radius 2 is 2.00 bits per heavy atom. The van der Waals surface area contributed by atoms with Gasteiger partial charge >= 0.3 is 5.97 Å². The maximum Gasteiger partial charge on any atom is 0.330 e. The number of carbonyl (C=O) groups is 1. The van der Waals surface area contributed by atoms with Crippen LogP contribution in [0, 0.1) is 6.92 Å². The van der Waals surface area contributed by atoms with Gasteiger partial charge in [0.2, 0.25) is 5.88 Å². The maximum atomic E-state index is 11.2. The van der Waals surface area contributed by atoms with E-state index in [1.807, 2.05) is 19.1 Å². The lowest BCUT2D eigenvalue weighted by atomic mass is 10.2. The van der Waals surface area contributed by atoms with Crippen molar-refractivity contribution in [2.45, 2.75) is 6.92 Å². The number of ether oxygens (including phenoxy) is 3. The van der Waals surface area contributed by atoms with E-state index in [4.69, 9.17) is 9.47 Å². The van der Waals surface area contributed by atoms with Gasteiger partial charge in [-0.05, 0) is 36.8 Å². The van der Waals surface area contributed by atoms with Crippen LogP contribution < -0.4 is 9.47 Å². The van der Waals surface area contributed by atoms with Crippen LogP contribution in [0.5, 0.6) is 17.4 Å². The lowest BCUT2D eigenvalue weighted by Gasteiger charge is -2.10. The molecule has 0 amide bonds. The Kier molecular flexibility index (Phi) is 4.95. The van der Waals surface area contributed by atoms with Crippen LogP contribution in [0.3, 0.4) is 0 Å². The fourth-order valence-corrected chi connectivity index (χ4v) is 3.08. The minimum absolute atomic E-state index is 0.421. The first kappa shape index (κ1) is 16.9. The Labute approximate surface area is 148 Å². The summed E-state index contributed by atoms with van der Waals surface area (Å²) >= 11 is 1.59. The molecule has 7 heteroatoms. The van der Waals surface area contributed by atoms with Crippen molar-refractivity contribution in [3.8, 4) is 17.4 Å². The van der Waals surface area contributed by atoms with Gasteiger partial charge in [0, 0.05) is 11.0 Å². The first-order valence-electron chi connectivity index (χ1n) is 7.44. The molecule has 0 saturated carbocycles. The molecule has 1 aromatic carbocycles. The molecule has 0 spiro atoms. The lowest BCUT2D eigenvalue weighted by Crippen LogP contribution is -1.95. The first-order chi connectivity index (χ1) is 12.1. The van der Waals surface area contributed by atoms with Crippen molar-refractivity contribution in [2.24, 2.45) is 0 Å². The van der Waals surface area contributed by atoms with Crippen molar-refractivity contribution in [1.82, 2.24) is 9.97 Å². The number of fused-ring (bicyclic) bond motifs is 1. The Bertz CT molecular complexity index is 949. The second kappa shape index (κ2) is 7.31. The third kappa shape index (κ3) is 3.77. The summed E-state index contributed by atoms with van der Waals surface area (Å²) in [6.07, 6.45) is 4.47. The van der Waals surface area contributed by atoms with E-state index in [9.17, 15) is 4.79 Å². The number of methoxy groups -OCH3 is 2. The Hall–Kier alpha value is -2.93. The molecule has 2 heterocycles. The molecular formula is C18H16N2O4S. The second-order valence-corrected chi connectivity index (χ2v) is 6.36. The second-order valence-electron chi connectivity index (χ2n) is 5.12. The molecule has 3 rings (SSSR count). The van der Waals surface area contributed by atoms with Crippen molar-refractivity contribution < 1.29 is 19.0 Å². The van der Waals surface area contributed by atoms with E-state index in [1.165, 1.54) is 19.5 Å². The summed E-state index contributed by atoms with van der Waals surface area (Å²) in [7, 11) is 2.89. The number of nitrogens with zero attached hydrogens (tertiary/aromatic N) is 2. The zero-order valence-corrected chi connectivity index (χ0v) is 14.8. The zero-order valence-electron chi connectivity index (χ0n) is 14.0. The van der Waals surface area contributed by atoms with Crippen LogP contribution in [-0.2, 0) is 9.53 Å². The van der Waals surface area contributed by atoms with E-state index >= 15 is 0 Å². The molecule has 6 nitrogen and oxygen atoms in total. The number of hydrogen-bond acceptors (Lipinski definition) is 7. The molecule has 0 aliphatic carbocycles. The van der Waals surface area contributed by atoms with Crippen LogP contribution in [0.4, 0.5) is 0 Å². The van der Waals surface area contributed by atoms with Crippen LogP contribution in [0.1, 0.15) is 10.4 Å². The average Bonchev–Trinajstić information content (AvgIpc) is 3.01. The number of esters is 1. The van der Waals surface area contributed by atoms with Gasteiger partial charge in [-0.15, -0.1) is 11.3 Å². The summed E-state index contributed by atoms with van der Waals surface area (Å²) in [5.41, 5.74) is 0.786. The average molecular weight is 356 g/mol. The van der Waals surface area contributed by atoms with Crippen LogP contribution >= 0.6 is 11.3 Å². The molecule has 128 valence electrons. The van der Waals surface area contributed by atoms with Crippen molar-refractivity contribution >= 4 is 33.6 Å². The van der Waals surface area contributed by atoms with Gasteiger partial charge < -0.3 is 14.2 Å². The number of hydrogen-bond donors (Lipinski definition) is 0. The van der Waals surface area contributed by atoms with Gasteiger partial charge in [0.1, 0.15) is 11.2 Å². The SMILES string of the molecule is COC(=O)/C=C/c1ccc(Oc2ncnc3sc(C)cc23)c(OC)c1. The van der Waals surface area contributed by atoms with Crippen molar-refractivity contribution in [1.29, 1.82) is 0 Å². The van der Waals surface area contributed by atoms with E-state index in [0.717, 1.165) is 20.7 Å². The molecule has 3 aromatic rings. The van der Waals surface area contributed by atoms with E-state index in [0.29, 0.717) is 17.4 Å². The number of aromatic nitrogens is 2. The maximum absolute atomic E-state index is 11.2. The highest BCUT2D eigenvalue weighted by molar-refractivity contribution is 7.18. The Morgan fingerprint density at radius 1 is 1.16 bits per heavy atom. The first-order valence-corrected chi connectivity index (χ1v) is 8.25. The molecule has 0 unspecified atom stereocenters. The summed E-state index contributed by atoms with van der Waals surface area (Å²) in [4.78, 5) is 21.7. The van der Waals surface area contributed by atoms with E-state index < -0.39 is 5.97 Å². The molecule has 0 radical (unpaired) electrons. The molecule has 0 aliphatic rings. The molecule has 0 atom stereocenters. The van der Waals surface area contributed by atoms with Gasteiger partial charge in [-0.1, -0.05) is 6.07 Å². The third-order valence-electron chi connectivity index (χ3n) is 3.42. The largest absolute Gasteiger partial charge is 0.493 e. The minimum atomic E-state index is -0.421. The van der Waals surface area contributed by atoms with Crippen LogP contribution in [0.2, 0.25) is 0 Å². The van der Waals surface area contributed by atoms with Gasteiger partial charge in [-0.2, -0.15) is 0 Å². The van der Waals surface area contributed by atoms with Crippen LogP contribution in [0.25, 0.3) is 16.3 Å². The molecule has 25 heavy (non-hydrogen) atoms. The highest BCUT2D eigenvalue weighted by atomic mass is 32.1. The molecule has 0 bridgehead atoms. The molecule has 0 fully saturated rings. The van der Waals surface area contributed by atoms with Crippen LogP contribution in [-0.4, -0.2) is 30.2 Å². The molecular weight excluding hydrogens is 340 g/mol. The van der Waals surface area contributed by atoms with E-state index in [2.05, 4.69) is 14.7 Å². The third-order valence-corrected chi connectivity index (χ3v) is 4.38. The monoisotopic (exact) mass is 356 g/mol. The quantitative estimate of drug-likeness (QED) is 0.508. The molecule has 0 N–H and O–H groups in total. The van der Waals surface area contributed by atoms with Gasteiger partial charge in [-0.3, -0.25) is 0 Å². The minimum Gasteiger partial charge on any atom is -0.493 e. The fraction of sp³-hybridized carbons (Fsp3) is 0.167. The lowest BCUT2D eigenvalue weighted by molar-refractivity contribution is -0.134. The number of aryl methyl sites for hydroxylation is 1. The van der Waals surface area contributed by atoms with Crippen molar-refractivity contribution in [3.63, 3.8) is 0 Å². The van der Waals surface area contributed by atoms with Crippen LogP contribution in [0.15, 0.2) is 36.7 Å². The smallest absolute Gasteiger partial charge is 0.330 e. The number of carbonyl (C=O) groups excluding carboxylic acids is 1. The molecule has 0 aliphatic heterocycles. The molecule has 2 aromatic heterocycles. The predicted molar refractivity (Wildman–Crippen MR) is 96.3 cm³/mol. The van der Waals surface area contributed by atoms with E-state index in [1.54, 1.807) is 36.7 Å². The highest BCUT2D eigenvalue weighted by Gasteiger charge is 2.12. The highest BCUT2D eigenvalue weighted by Crippen LogP contribution is 2.36. The molecule has 0 saturated heterocycles. The Balaban J connectivity index is 1.91. The van der Waals surface area contributed by atoms with Gasteiger partial charge in [0.25, 0.3) is 0 Å². The number of rotatable bonds is 5. The summed E-state index contributed by atoms with van der Waals surface area (Å²) in [6, 6.07) is 7.35. The number of thiophene rings is 1. The summed E-state index contributed by atoms with van der Waals surface area (Å²) in [6.45, 7) is 2.01. The zero-order chi connectivity index (χ0) is 17.8. The van der Waals surface area contributed by atoms with Crippen molar-refractivity contribution in [3.05, 3.63) is 47.1 Å². The number of benzene rings is 1. The standard InChI is InChI=1S/C18H16N2O4S/c1-11-8-13-17(19-10-20-18(13)25-11)24-14-6-4-12(9-15(14)22-2)5-7-16(21)23-3/h4-10H,1-3H3/b7-5+. The van der Waals surface area contributed by atoms with Crippen molar-refractivity contribution in [2.75, 3.05) is 14.2 Å². The normalized spacial score (nSPS) is 11.0. The Morgan fingerprint density at radius 3 is 2.76 bits per heavy atom. The van der Waals surface area contributed by atoms with E-state index in [-0.39, 0.29) is 0 Å². The van der Waals surface area contributed by atoms with Gasteiger partial charge in [0.05, 0.1) is 19.6 Å². The fourth-order valence-electron chi connectivity index (χ4n) is 2.24. The summed E-state index contributed by atoms with van der Waals surface area (Å²) in [5.74, 6) is 1.12. The summed E-state index contributed by atoms with van der Waals surface area (Å²) in [5, 5.41) is 0.863. The predicted octanol–water partition coefficient (Wildman–Crippen LogP) is 3.99. The van der Waals surface area contributed by atoms with Gasteiger partial charge in [-0.25, -0.2) is 14.8 Å².